The minimum Gasteiger partial charge on any atom is -0.495 e. The molecule has 0 bridgehead atoms. The molecule has 1 aromatic heterocycles. The predicted octanol–water partition coefficient (Wildman–Crippen LogP) is 5.61. The van der Waals surface area contributed by atoms with Crippen molar-refractivity contribution in [2.45, 2.75) is 51.9 Å². The number of benzene rings is 2. The highest BCUT2D eigenvalue weighted by molar-refractivity contribution is 6.31. The molecule has 3 aromatic rings. The van der Waals surface area contributed by atoms with Crippen LogP contribution in [-0.4, -0.2) is 42.4 Å². The first-order chi connectivity index (χ1) is 18.9. The van der Waals surface area contributed by atoms with Gasteiger partial charge in [-0.15, -0.1) is 0 Å². The third-order valence-electron chi connectivity index (χ3n) is 6.04. The summed E-state index contributed by atoms with van der Waals surface area (Å²) in [7, 11) is 2.95. The largest absolute Gasteiger partial charge is 0.495 e. The van der Waals surface area contributed by atoms with E-state index in [1.807, 2.05) is 0 Å². The molecule has 2 atom stereocenters. The lowest BCUT2D eigenvalue weighted by Gasteiger charge is -2.23. The molecule has 2 aromatic carbocycles. The molecule has 0 spiro atoms. The van der Waals surface area contributed by atoms with E-state index in [1.165, 1.54) is 31.0 Å². The Morgan fingerprint density at radius 1 is 1.07 bits per heavy atom. The number of nitriles is 1. The number of ether oxygens (including phenoxy) is 3. The fraction of sp³-hybridized carbons (Fsp3) is 0.333. The van der Waals surface area contributed by atoms with E-state index >= 15 is 0 Å². The van der Waals surface area contributed by atoms with Crippen molar-refractivity contribution in [1.29, 1.82) is 5.26 Å². The lowest BCUT2D eigenvalue weighted by Crippen LogP contribution is -2.35. The Labute approximate surface area is 238 Å². The van der Waals surface area contributed by atoms with Crippen molar-refractivity contribution in [3.63, 3.8) is 0 Å². The summed E-state index contributed by atoms with van der Waals surface area (Å²) in [4.78, 5) is 39.2. The van der Waals surface area contributed by atoms with Gasteiger partial charge in [0.1, 0.15) is 17.4 Å². The van der Waals surface area contributed by atoms with Crippen LogP contribution < -0.4 is 15.6 Å². The first kappa shape index (κ1) is 30.4. The minimum absolute atomic E-state index is 0.182. The van der Waals surface area contributed by atoms with Crippen molar-refractivity contribution < 1.29 is 23.8 Å². The summed E-state index contributed by atoms with van der Waals surface area (Å²) in [5, 5.41) is 12.8. The Kier molecular flexibility index (Phi) is 9.74. The predicted molar refractivity (Wildman–Crippen MR) is 153 cm³/mol. The van der Waals surface area contributed by atoms with Gasteiger partial charge in [-0.3, -0.25) is 14.2 Å². The van der Waals surface area contributed by atoms with Crippen molar-refractivity contribution in [2.75, 3.05) is 19.5 Å². The molecular formula is C30H32ClN3O6. The number of rotatable bonds is 9. The number of nitrogens with one attached hydrogen (secondary N) is 1. The van der Waals surface area contributed by atoms with Crippen LogP contribution in [0.2, 0.25) is 5.02 Å². The van der Waals surface area contributed by atoms with Crippen molar-refractivity contribution in [1.82, 2.24) is 4.57 Å². The second kappa shape index (κ2) is 12.8. The molecule has 1 heterocycles. The van der Waals surface area contributed by atoms with Crippen molar-refractivity contribution in [3.05, 3.63) is 81.2 Å². The van der Waals surface area contributed by atoms with E-state index in [9.17, 15) is 19.6 Å². The van der Waals surface area contributed by atoms with E-state index in [2.05, 4.69) is 11.4 Å². The highest BCUT2D eigenvalue weighted by Crippen LogP contribution is 2.34. The summed E-state index contributed by atoms with van der Waals surface area (Å²) < 4.78 is 17.6. The molecule has 1 amide bonds. The van der Waals surface area contributed by atoms with Crippen LogP contribution in [0.4, 0.5) is 5.69 Å². The first-order valence-corrected chi connectivity index (χ1v) is 12.9. The number of esters is 1. The molecule has 40 heavy (non-hydrogen) atoms. The molecule has 1 unspecified atom stereocenters. The number of hydrogen-bond donors (Lipinski definition) is 1. The third kappa shape index (κ3) is 7.50. The zero-order chi connectivity index (χ0) is 29.6. The maximum atomic E-state index is 13.5. The zero-order valence-corrected chi connectivity index (χ0v) is 24.0. The smallest absolute Gasteiger partial charge is 0.338 e. The number of halogens is 1. The van der Waals surface area contributed by atoms with Crippen LogP contribution in [0.1, 0.15) is 56.1 Å². The average Bonchev–Trinajstić information content (AvgIpc) is 2.91. The molecule has 0 aliphatic carbocycles. The molecule has 3 rings (SSSR count). The standard InChI is InChI=1S/C30H32ClN3O6/c1-18(38-5)13-25(28(36)33-22-11-8-19(9-12-22)29(37)40-30(2,3)4)34-17-26(39-6)24(15-27(34)35)23-14-21(31)10-7-20(23)16-32/h7-12,14-15,17-18,25H,13H2,1-6H3,(H,33,36)/t18-,25?/m1/s1. The second-order valence-electron chi connectivity index (χ2n) is 10.2. The van der Waals surface area contributed by atoms with Gasteiger partial charge in [-0.25, -0.2) is 4.79 Å². The second-order valence-corrected chi connectivity index (χ2v) is 10.6. The molecule has 0 fully saturated rings. The van der Waals surface area contributed by atoms with E-state index in [0.29, 0.717) is 33.0 Å². The number of methoxy groups -OCH3 is 2. The van der Waals surface area contributed by atoms with E-state index in [0.717, 1.165) is 0 Å². The lowest BCUT2D eigenvalue weighted by atomic mass is 10.00. The average molecular weight is 566 g/mol. The number of aromatic nitrogens is 1. The Morgan fingerprint density at radius 3 is 2.33 bits per heavy atom. The van der Waals surface area contributed by atoms with Crippen LogP contribution >= 0.6 is 11.6 Å². The number of carbonyl (C=O) groups excluding carboxylic acids is 2. The molecule has 0 aliphatic rings. The number of carbonyl (C=O) groups is 2. The normalized spacial score (nSPS) is 12.7. The quantitative estimate of drug-likeness (QED) is 0.335. The fourth-order valence-corrected chi connectivity index (χ4v) is 4.16. The van der Waals surface area contributed by atoms with Crippen LogP contribution in [0, 0.1) is 11.3 Å². The topological polar surface area (TPSA) is 120 Å². The Balaban J connectivity index is 1.97. The van der Waals surface area contributed by atoms with Gasteiger partial charge in [-0.1, -0.05) is 11.6 Å². The summed E-state index contributed by atoms with van der Waals surface area (Å²) in [5.74, 6) is -0.663. The van der Waals surface area contributed by atoms with Gasteiger partial charge >= 0.3 is 5.97 Å². The maximum Gasteiger partial charge on any atom is 0.338 e. The van der Waals surface area contributed by atoms with Gasteiger partial charge in [0.05, 0.1) is 36.6 Å². The Hall–Kier alpha value is -4.13. The number of nitrogens with zero attached hydrogens (tertiary/aromatic N) is 2. The van der Waals surface area contributed by atoms with E-state index in [-0.39, 0.29) is 18.3 Å². The number of amides is 1. The van der Waals surface area contributed by atoms with Crippen LogP contribution in [0.3, 0.4) is 0 Å². The molecule has 210 valence electrons. The lowest BCUT2D eigenvalue weighted by molar-refractivity contribution is -0.120. The van der Waals surface area contributed by atoms with Gasteiger partial charge in [0.15, 0.2) is 0 Å². The number of hydrogen-bond acceptors (Lipinski definition) is 7. The van der Waals surface area contributed by atoms with Gasteiger partial charge in [0.2, 0.25) is 5.91 Å². The Bertz CT molecular complexity index is 1490. The number of anilines is 1. The van der Waals surface area contributed by atoms with Crippen LogP contribution in [0.25, 0.3) is 11.1 Å². The highest BCUT2D eigenvalue weighted by atomic mass is 35.5. The van der Waals surface area contributed by atoms with Crippen molar-refractivity contribution in [3.8, 4) is 22.9 Å². The van der Waals surface area contributed by atoms with Gasteiger partial charge in [-0.05, 0) is 70.2 Å². The molecule has 0 saturated heterocycles. The van der Waals surface area contributed by atoms with Gasteiger partial charge in [-0.2, -0.15) is 5.26 Å². The summed E-state index contributed by atoms with van der Waals surface area (Å²) in [6, 6.07) is 13.5. The maximum absolute atomic E-state index is 13.5. The van der Waals surface area contributed by atoms with E-state index in [1.54, 1.807) is 70.2 Å². The molecule has 0 radical (unpaired) electrons. The molecule has 0 aliphatic heterocycles. The summed E-state index contributed by atoms with van der Waals surface area (Å²) in [6.45, 7) is 7.13. The summed E-state index contributed by atoms with van der Waals surface area (Å²) >= 11 is 6.16. The molecule has 0 saturated carbocycles. The zero-order valence-electron chi connectivity index (χ0n) is 23.3. The van der Waals surface area contributed by atoms with Gasteiger partial charge < -0.3 is 19.5 Å². The van der Waals surface area contributed by atoms with E-state index in [4.69, 9.17) is 25.8 Å². The number of pyridine rings is 1. The highest BCUT2D eigenvalue weighted by Gasteiger charge is 2.26. The molecular weight excluding hydrogens is 534 g/mol. The molecule has 1 N–H and O–H groups in total. The summed E-state index contributed by atoms with van der Waals surface area (Å²) in [5.41, 5.74) is 0.780. The minimum atomic E-state index is -0.967. The fourth-order valence-electron chi connectivity index (χ4n) is 3.99. The SMILES string of the molecule is COc1cn(C(C[C@@H](C)OC)C(=O)Nc2ccc(C(=O)OC(C)(C)C)cc2)c(=O)cc1-c1cc(Cl)ccc1C#N. The van der Waals surface area contributed by atoms with E-state index < -0.39 is 29.1 Å². The van der Waals surface area contributed by atoms with Gasteiger partial charge in [0.25, 0.3) is 5.56 Å². The molecule has 10 heteroatoms. The first-order valence-electron chi connectivity index (χ1n) is 12.5. The van der Waals surface area contributed by atoms with Crippen LogP contribution in [-0.2, 0) is 14.3 Å². The van der Waals surface area contributed by atoms with Gasteiger partial charge in [0, 0.05) is 41.4 Å². The molecule has 9 nitrogen and oxygen atoms in total. The third-order valence-corrected chi connectivity index (χ3v) is 6.27. The van der Waals surface area contributed by atoms with Crippen LogP contribution in [0.5, 0.6) is 5.75 Å². The monoisotopic (exact) mass is 565 g/mol. The van der Waals surface area contributed by atoms with Crippen molar-refractivity contribution in [2.24, 2.45) is 0 Å². The van der Waals surface area contributed by atoms with Crippen LogP contribution in [0.15, 0.2) is 59.5 Å². The Morgan fingerprint density at radius 2 is 1.75 bits per heavy atom. The summed E-state index contributed by atoms with van der Waals surface area (Å²) in [6.07, 6.45) is 1.26. The van der Waals surface area contributed by atoms with Crippen molar-refractivity contribution >= 4 is 29.2 Å².